The molecule has 122 valence electrons. The van der Waals surface area contributed by atoms with Crippen molar-refractivity contribution in [3.63, 3.8) is 0 Å². The van der Waals surface area contributed by atoms with Crippen molar-refractivity contribution < 1.29 is 4.79 Å². The Kier molecular flexibility index (Phi) is 4.96. The second-order valence-corrected chi connectivity index (χ2v) is 6.41. The maximum Gasteiger partial charge on any atom is 0.243 e. The summed E-state index contributed by atoms with van der Waals surface area (Å²) in [5.41, 5.74) is 2.91. The van der Waals surface area contributed by atoms with Gasteiger partial charge in [-0.15, -0.1) is 5.10 Å². The third kappa shape index (κ3) is 3.65. The van der Waals surface area contributed by atoms with Gasteiger partial charge in [-0.25, -0.2) is 0 Å². The average molecular weight is 338 g/mol. The number of benzene rings is 2. The van der Waals surface area contributed by atoms with Gasteiger partial charge in [-0.2, -0.15) is 5.10 Å². The zero-order chi connectivity index (χ0) is 16.9. The minimum Gasteiger partial charge on any atom is -0.378 e. The van der Waals surface area contributed by atoms with Gasteiger partial charge in [0.05, 0.1) is 17.7 Å². The summed E-state index contributed by atoms with van der Waals surface area (Å²) >= 11 is 1.40. The average Bonchev–Trinajstić information content (AvgIpc) is 2.97. The van der Waals surface area contributed by atoms with Gasteiger partial charge in [0.15, 0.2) is 5.17 Å². The number of hydrogen-bond donors (Lipinski definition) is 0. The number of nitrogens with zero attached hydrogens (tertiary/aromatic N) is 4. The predicted octanol–water partition coefficient (Wildman–Crippen LogP) is 3.22. The third-order valence-corrected chi connectivity index (χ3v) is 4.45. The van der Waals surface area contributed by atoms with Crippen molar-refractivity contribution in [1.29, 1.82) is 0 Å². The number of hydrogen-bond acceptors (Lipinski definition) is 5. The van der Waals surface area contributed by atoms with Crippen LogP contribution in [0, 0.1) is 0 Å². The van der Waals surface area contributed by atoms with Gasteiger partial charge in [0, 0.05) is 19.8 Å². The molecule has 0 radical (unpaired) electrons. The number of carbonyl (C=O) groups is 1. The second kappa shape index (κ2) is 7.31. The summed E-state index contributed by atoms with van der Waals surface area (Å²) in [6.45, 7) is 0. The van der Waals surface area contributed by atoms with E-state index in [1.165, 1.54) is 11.8 Å². The first-order valence-corrected chi connectivity index (χ1v) is 8.53. The van der Waals surface area contributed by atoms with Crippen LogP contribution < -0.4 is 9.80 Å². The van der Waals surface area contributed by atoms with Crippen LogP contribution in [0.1, 0.15) is 5.56 Å². The van der Waals surface area contributed by atoms with Crippen LogP contribution in [0.4, 0.5) is 11.4 Å². The Balaban J connectivity index is 1.76. The summed E-state index contributed by atoms with van der Waals surface area (Å²) in [5, 5.41) is 8.97. The molecule has 0 saturated carbocycles. The van der Waals surface area contributed by atoms with Gasteiger partial charge in [0.25, 0.3) is 0 Å². The van der Waals surface area contributed by atoms with Crippen LogP contribution in [0.2, 0.25) is 0 Å². The summed E-state index contributed by atoms with van der Waals surface area (Å²) < 4.78 is 0. The molecule has 1 heterocycles. The fourth-order valence-corrected chi connectivity index (χ4v) is 3.09. The molecule has 5 nitrogen and oxygen atoms in total. The molecule has 1 aliphatic heterocycles. The van der Waals surface area contributed by atoms with Crippen molar-refractivity contribution >= 4 is 40.4 Å². The normalized spacial score (nSPS) is 16.3. The van der Waals surface area contributed by atoms with Crippen LogP contribution in [0.5, 0.6) is 0 Å². The first-order valence-electron chi connectivity index (χ1n) is 7.54. The minimum absolute atomic E-state index is 0.0236. The standard InChI is InChI=1S/C18H18N4OS/c1-21(2)15-10-8-14(9-11-15)12-19-20-18-22(17(23)13-24-18)16-6-4-3-5-7-16/h3-12H,13H2,1-2H3/b19-12-,20-18-. The maximum absolute atomic E-state index is 12.1. The van der Waals surface area contributed by atoms with Gasteiger partial charge in [0.2, 0.25) is 5.91 Å². The van der Waals surface area contributed by atoms with E-state index in [1.807, 2.05) is 73.6 Å². The van der Waals surface area contributed by atoms with E-state index >= 15 is 0 Å². The molecule has 2 aromatic carbocycles. The van der Waals surface area contributed by atoms with E-state index in [0.717, 1.165) is 16.9 Å². The molecule has 1 amide bonds. The highest BCUT2D eigenvalue weighted by Gasteiger charge is 2.29. The van der Waals surface area contributed by atoms with E-state index in [9.17, 15) is 4.79 Å². The molecule has 0 spiro atoms. The molecule has 3 rings (SSSR count). The van der Waals surface area contributed by atoms with E-state index in [4.69, 9.17) is 0 Å². The van der Waals surface area contributed by atoms with Gasteiger partial charge in [-0.05, 0) is 29.8 Å². The minimum atomic E-state index is 0.0236. The molecule has 24 heavy (non-hydrogen) atoms. The molecule has 1 saturated heterocycles. The Morgan fingerprint density at radius 1 is 1.08 bits per heavy atom. The summed E-state index contributed by atoms with van der Waals surface area (Å²) in [5.74, 6) is 0.413. The van der Waals surface area contributed by atoms with Crippen LogP contribution >= 0.6 is 11.8 Å². The molecule has 0 unspecified atom stereocenters. The van der Waals surface area contributed by atoms with E-state index < -0.39 is 0 Å². The number of carbonyl (C=O) groups excluding carboxylic acids is 1. The van der Waals surface area contributed by atoms with E-state index in [0.29, 0.717) is 10.9 Å². The highest BCUT2D eigenvalue weighted by Crippen LogP contribution is 2.26. The summed E-state index contributed by atoms with van der Waals surface area (Å²) in [7, 11) is 4.00. The van der Waals surface area contributed by atoms with E-state index in [1.54, 1.807) is 11.1 Å². The fourth-order valence-electron chi connectivity index (χ4n) is 2.27. The Hall–Kier alpha value is -2.60. The first-order chi connectivity index (χ1) is 11.6. The van der Waals surface area contributed by atoms with Crippen molar-refractivity contribution in [3.8, 4) is 0 Å². The number of anilines is 2. The maximum atomic E-state index is 12.1. The number of para-hydroxylation sites is 1. The molecule has 0 aromatic heterocycles. The van der Waals surface area contributed by atoms with Crippen LogP contribution in [0.15, 0.2) is 64.8 Å². The highest BCUT2D eigenvalue weighted by molar-refractivity contribution is 8.15. The molecule has 0 N–H and O–H groups in total. The zero-order valence-electron chi connectivity index (χ0n) is 13.6. The molecule has 2 aromatic rings. The van der Waals surface area contributed by atoms with Crippen molar-refractivity contribution in [2.75, 3.05) is 29.6 Å². The topological polar surface area (TPSA) is 48.3 Å². The Bertz CT molecular complexity index is 769. The molecule has 6 heteroatoms. The van der Waals surface area contributed by atoms with E-state index in [2.05, 4.69) is 10.2 Å². The molecule has 0 atom stereocenters. The largest absolute Gasteiger partial charge is 0.378 e. The lowest BCUT2D eigenvalue weighted by Crippen LogP contribution is -2.28. The van der Waals surface area contributed by atoms with Crippen molar-refractivity contribution in [2.45, 2.75) is 0 Å². The molecular formula is C18H18N4OS. The summed E-state index contributed by atoms with van der Waals surface area (Å²) in [6.07, 6.45) is 1.69. The second-order valence-electron chi connectivity index (χ2n) is 5.47. The lowest BCUT2D eigenvalue weighted by atomic mass is 10.2. The van der Waals surface area contributed by atoms with Gasteiger partial charge in [-0.1, -0.05) is 42.1 Å². The molecule has 1 aliphatic rings. The smallest absolute Gasteiger partial charge is 0.243 e. The Morgan fingerprint density at radius 3 is 2.46 bits per heavy atom. The van der Waals surface area contributed by atoms with Gasteiger partial charge < -0.3 is 4.90 Å². The quantitative estimate of drug-likeness (QED) is 0.635. The third-order valence-electron chi connectivity index (χ3n) is 3.54. The molecule has 1 fully saturated rings. The van der Waals surface area contributed by atoms with Gasteiger partial charge in [0.1, 0.15) is 0 Å². The number of thioether (sulfide) groups is 1. The van der Waals surface area contributed by atoms with Crippen LogP contribution in [0.3, 0.4) is 0 Å². The highest BCUT2D eigenvalue weighted by atomic mass is 32.2. The fraction of sp³-hybridized carbons (Fsp3) is 0.167. The first kappa shape index (κ1) is 16.3. The number of amidine groups is 1. The van der Waals surface area contributed by atoms with Crippen molar-refractivity contribution in [2.24, 2.45) is 10.2 Å². The van der Waals surface area contributed by atoms with Gasteiger partial charge >= 0.3 is 0 Å². The molecule has 0 aliphatic carbocycles. The molecule has 0 bridgehead atoms. The van der Waals surface area contributed by atoms with E-state index in [-0.39, 0.29) is 5.91 Å². The van der Waals surface area contributed by atoms with Crippen LogP contribution in [-0.2, 0) is 4.79 Å². The van der Waals surface area contributed by atoms with Crippen LogP contribution in [0.25, 0.3) is 0 Å². The van der Waals surface area contributed by atoms with Gasteiger partial charge in [-0.3, -0.25) is 9.69 Å². The van der Waals surface area contributed by atoms with Crippen LogP contribution in [-0.4, -0.2) is 37.1 Å². The van der Waals surface area contributed by atoms with Crippen molar-refractivity contribution in [3.05, 3.63) is 60.2 Å². The number of rotatable bonds is 4. The zero-order valence-corrected chi connectivity index (χ0v) is 14.4. The lowest BCUT2D eigenvalue weighted by Gasteiger charge is -2.14. The Labute approximate surface area is 145 Å². The monoisotopic (exact) mass is 338 g/mol. The lowest BCUT2D eigenvalue weighted by molar-refractivity contribution is -0.115. The molecular weight excluding hydrogens is 320 g/mol. The van der Waals surface area contributed by atoms with Crippen molar-refractivity contribution in [1.82, 2.24) is 0 Å². The predicted molar refractivity (Wildman–Crippen MR) is 102 cm³/mol. The SMILES string of the molecule is CN(C)c1ccc(/C=N\N=C2/SCC(=O)N2c2ccccc2)cc1. The summed E-state index contributed by atoms with van der Waals surface area (Å²) in [4.78, 5) is 15.7. The number of amides is 1. The summed E-state index contributed by atoms with van der Waals surface area (Å²) in [6, 6.07) is 17.5. The Morgan fingerprint density at radius 2 is 1.79 bits per heavy atom.